The molecule has 4 aromatic rings. The first-order valence-electron chi connectivity index (χ1n) is 9.74. The molecule has 0 aliphatic rings. The number of H-pyrrole nitrogens is 1. The van der Waals surface area contributed by atoms with Crippen LogP contribution in [0.4, 0.5) is 0 Å². The fraction of sp³-hybridized carbons (Fsp3) is 0.318. The average molecular weight is 410 g/mol. The van der Waals surface area contributed by atoms with E-state index < -0.39 is 0 Å². The Morgan fingerprint density at radius 3 is 2.72 bits per heavy atom. The quantitative estimate of drug-likeness (QED) is 0.505. The topological polar surface area (TPSA) is 75.6 Å². The van der Waals surface area contributed by atoms with E-state index in [9.17, 15) is 4.79 Å². The molecule has 0 saturated heterocycles. The SMILES string of the molecule is Cc1cc2nc(CCNC(=O)CCc3nc4cc(Cl)ccc4n3C)[nH]c2cc1C. The third-order valence-electron chi connectivity index (χ3n) is 5.34. The van der Waals surface area contributed by atoms with E-state index in [1.807, 2.05) is 29.8 Å². The van der Waals surface area contributed by atoms with Gasteiger partial charge in [0.15, 0.2) is 0 Å². The minimum absolute atomic E-state index is 0.0119. The Kier molecular flexibility index (Phi) is 5.28. The van der Waals surface area contributed by atoms with E-state index in [-0.39, 0.29) is 5.91 Å². The molecule has 0 aliphatic heterocycles. The highest BCUT2D eigenvalue weighted by Gasteiger charge is 2.11. The molecule has 150 valence electrons. The highest BCUT2D eigenvalue weighted by Crippen LogP contribution is 2.20. The molecule has 2 aromatic carbocycles. The summed E-state index contributed by atoms with van der Waals surface area (Å²) in [6.07, 6.45) is 1.64. The number of aryl methyl sites for hydroxylation is 4. The van der Waals surface area contributed by atoms with Crippen molar-refractivity contribution in [2.45, 2.75) is 33.1 Å². The van der Waals surface area contributed by atoms with Crippen LogP contribution >= 0.6 is 11.6 Å². The number of amides is 1. The summed E-state index contributed by atoms with van der Waals surface area (Å²) in [7, 11) is 1.96. The zero-order valence-electron chi connectivity index (χ0n) is 16.8. The van der Waals surface area contributed by atoms with Gasteiger partial charge < -0.3 is 14.9 Å². The van der Waals surface area contributed by atoms with Gasteiger partial charge in [-0.3, -0.25) is 4.79 Å². The highest BCUT2D eigenvalue weighted by atomic mass is 35.5. The van der Waals surface area contributed by atoms with Gasteiger partial charge in [-0.2, -0.15) is 0 Å². The molecule has 0 atom stereocenters. The van der Waals surface area contributed by atoms with Crippen LogP contribution in [0.2, 0.25) is 5.02 Å². The molecule has 29 heavy (non-hydrogen) atoms. The molecule has 2 aromatic heterocycles. The lowest BCUT2D eigenvalue weighted by molar-refractivity contribution is -0.121. The maximum atomic E-state index is 12.2. The molecule has 0 unspecified atom stereocenters. The van der Waals surface area contributed by atoms with Crippen molar-refractivity contribution >= 4 is 39.6 Å². The van der Waals surface area contributed by atoms with Gasteiger partial charge in [-0.25, -0.2) is 9.97 Å². The number of aromatic amines is 1. The maximum absolute atomic E-state index is 12.2. The summed E-state index contributed by atoms with van der Waals surface area (Å²) in [6.45, 7) is 4.73. The molecule has 6 nitrogen and oxygen atoms in total. The number of hydrogen-bond donors (Lipinski definition) is 2. The van der Waals surface area contributed by atoms with Gasteiger partial charge in [0, 0.05) is 37.9 Å². The van der Waals surface area contributed by atoms with E-state index in [1.165, 1.54) is 11.1 Å². The Labute approximate surface area is 174 Å². The summed E-state index contributed by atoms with van der Waals surface area (Å²) < 4.78 is 2.01. The van der Waals surface area contributed by atoms with E-state index in [4.69, 9.17) is 11.6 Å². The van der Waals surface area contributed by atoms with Gasteiger partial charge in [0.2, 0.25) is 5.91 Å². The number of fused-ring (bicyclic) bond motifs is 2. The number of halogens is 1. The van der Waals surface area contributed by atoms with Crippen molar-refractivity contribution in [2.24, 2.45) is 7.05 Å². The Balaban J connectivity index is 1.31. The van der Waals surface area contributed by atoms with Crippen molar-refractivity contribution in [1.29, 1.82) is 0 Å². The number of hydrogen-bond acceptors (Lipinski definition) is 3. The zero-order chi connectivity index (χ0) is 20.5. The van der Waals surface area contributed by atoms with Gasteiger partial charge in [0.25, 0.3) is 0 Å². The number of carbonyl (C=O) groups is 1. The molecule has 7 heteroatoms. The maximum Gasteiger partial charge on any atom is 0.220 e. The lowest BCUT2D eigenvalue weighted by Gasteiger charge is -2.05. The van der Waals surface area contributed by atoms with Crippen molar-refractivity contribution in [1.82, 2.24) is 24.8 Å². The first-order valence-corrected chi connectivity index (χ1v) is 10.1. The molecule has 2 N–H and O–H groups in total. The molecule has 2 heterocycles. The van der Waals surface area contributed by atoms with Crippen molar-refractivity contribution in [3.8, 4) is 0 Å². The molecule has 0 aliphatic carbocycles. The van der Waals surface area contributed by atoms with Gasteiger partial charge in [-0.05, 0) is 55.3 Å². The number of carbonyl (C=O) groups excluding carboxylic acids is 1. The molecular weight excluding hydrogens is 386 g/mol. The predicted octanol–water partition coefficient (Wildman–Crippen LogP) is 4.01. The van der Waals surface area contributed by atoms with Crippen LogP contribution in [0.25, 0.3) is 22.1 Å². The number of nitrogens with zero attached hydrogens (tertiary/aromatic N) is 3. The van der Waals surface area contributed by atoms with E-state index in [2.05, 4.69) is 46.2 Å². The van der Waals surface area contributed by atoms with E-state index >= 15 is 0 Å². The monoisotopic (exact) mass is 409 g/mol. The third kappa shape index (κ3) is 4.12. The molecule has 0 saturated carbocycles. The standard InChI is InChI=1S/C22H24ClN5O/c1-13-10-16-17(11-14(13)2)26-20(25-16)8-9-24-22(29)7-6-21-27-18-12-15(23)4-5-19(18)28(21)3/h4-5,10-12H,6-9H2,1-3H3,(H,24,29)(H,25,26). The number of aromatic nitrogens is 4. The summed E-state index contributed by atoms with van der Waals surface area (Å²) in [5.74, 6) is 1.77. The third-order valence-corrected chi connectivity index (χ3v) is 5.58. The van der Waals surface area contributed by atoms with Gasteiger partial charge in [0.1, 0.15) is 11.6 Å². The fourth-order valence-electron chi connectivity index (χ4n) is 3.52. The molecule has 1 amide bonds. The largest absolute Gasteiger partial charge is 0.356 e. The molecular formula is C22H24ClN5O. The Morgan fingerprint density at radius 2 is 1.90 bits per heavy atom. The van der Waals surface area contributed by atoms with Crippen LogP contribution in [0.3, 0.4) is 0 Å². The lowest BCUT2D eigenvalue weighted by Crippen LogP contribution is -2.26. The summed E-state index contributed by atoms with van der Waals surface area (Å²) in [4.78, 5) is 24.8. The van der Waals surface area contributed by atoms with Gasteiger partial charge >= 0.3 is 0 Å². The minimum Gasteiger partial charge on any atom is -0.356 e. The zero-order valence-corrected chi connectivity index (χ0v) is 17.6. The first-order chi connectivity index (χ1) is 13.9. The van der Waals surface area contributed by atoms with E-state index in [0.717, 1.165) is 33.7 Å². The molecule has 4 rings (SSSR count). The van der Waals surface area contributed by atoms with Crippen molar-refractivity contribution in [3.05, 3.63) is 58.1 Å². The van der Waals surface area contributed by atoms with Gasteiger partial charge in [0.05, 0.1) is 22.1 Å². The van der Waals surface area contributed by atoms with Crippen LogP contribution in [0.5, 0.6) is 0 Å². The Morgan fingerprint density at radius 1 is 1.10 bits per heavy atom. The summed E-state index contributed by atoms with van der Waals surface area (Å²) in [6, 6.07) is 9.85. The van der Waals surface area contributed by atoms with Crippen LogP contribution in [0.15, 0.2) is 30.3 Å². The summed E-state index contributed by atoms with van der Waals surface area (Å²) in [5.41, 5.74) is 6.34. The lowest BCUT2D eigenvalue weighted by atomic mass is 10.1. The smallest absolute Gasteiger partial charge is 0.220 e. The Bertz CT molecular complexity index is 1170. The molecule has 0 fully saturated rings. The van der Waals surface area contributed by atoms with Gasteiger partial charge in [-0.15, -0.1) is 0 Å². The fourth-order valence-corrected chi connectivity index (χ4v) is 3.69. The molecule has 0 radical (unpaired) electrons. The molecule has 0 bridgehead atoms. The van der Waals surface area contributed by atoms with Crippen LogP contribution < -0.4 is 5.32 Å². The summed E-state index contributed by atoms with van der Waals surface area (Å²) in [5, 5.41) is 3.64. The van der Waals surface area contributed by atoms with Crippen molar-refractivity contribution < 1.29 is 4.79 Å². The van der Waals surface area contributed by atoms with Crippen molar-refractivity contribution in [2.75, 3.05) is 6.54 Å². The summed E-state index contributed by atoms with van der Waals surface area (Å²) >= 11 is 6.04. The average Bonchev–Trinajstić information content (AvgIpc) is 3.20. The van der Waals surface area contributed by atoms with E-state index in [0.29, 0.717) is 30.8 Å². The number of rotatable bonds is 6. The number of nitrogens with one attached hydrogen (secondary N) is 2. The van der Waals surface area contributed by atoms with Crippen LogP contribution in [-0.2, 0) is 24.7 Å². The highest BCUT2D eigenvalue weighted by molar-refractivity contribution is 6.31. The number of benzene rings is 2. The van der Waals surface area contributed by atoms with E-state index in [1.54, 1.807) is 0 Å². The second-order valence-corrected chi connectivity index (χ2v) is 7.89. The van der Waals surface area contributed by atoms with Crippen molar-refractivity contribution in [3.63, 3.8) is 0 Å². The van der Waals surface area contributed by atoms with Crippen LogP contribution in [-0.4, -0.2) is 32.0 Å². The number of imidazole rings is 2. The molecule has 0 spiro atoms. The van der Waals surface area contributed by atoms with Crippen LogP contribution in [0, 0.1) is 13.8 Å². The second kappa shape index (κ2) is 7.87. The second-order valence-electron chi connectivity index (χ2n) is 7.46. The predicted molar refractivity (Wildman–Crippen MR) is 116 cm³/mol. The van der Waals surface area contributed by atoms with Crippen LogP contribution in [0.1, 0.15) is 29.2 Å². The first kappa shape index (κ1) is 19.5. The van der Waals surface area contributed by atoms with Gasteiger partial charge in [-0.1, -0.05) is 11.6 Å². The Hall–Kier alpha value is -2.86. The minimum atomic E-state index is 0.0119. The normalized spacial score (nSPS) is 11.4.